The molecule has 0 fully saturated rings. The molecule has 2 amide bonds. The topological polar surface area (TPSA) is 108 Å². The first-order chi connectivity index (χ1) is 14.0. The molecule has 0 spiro atoms. The van der Waals surface area contributed by atoms with Crippen molar-refractivity contribution >= 4 is 39.8 Å². The molecular formula is C21H23N2O5S-. The summed E-state index contributed by atoms with van der Waals surface area (Å²) in [7, 11) is 0. The SMILES string of the molecule is CCOc1ccc(NC(=O)c2c(NC(=O)CCC(=O)[O-])sc3c2CCCC3)cc1. The molecule has 29 heavy (non-hydrogen) atoms. The summed E-state index contributed by atoms with van der Waals surface area (Å²) in [5.41, 5.74) is 2.07. The van der Waals surface area contributed by atoms with Crippen molar-refractivity contribution in [1.82, 2.24) is 0 Å². The summed E-state index contributed by atoms with van der Waals surface area (Å²) < 4.78 is 5.41. The smallest absolute Gasteiger partial charge is 0.258 e. The number of fused-ring (bicyclic) bond motifs is 1. The number of nitrogens with one attached hydrogen (secondary N) is 2. The summed E-state index contributed by atoms with van der Waals surface area (Å²) in [6, 6.07) is 7.09. The number of aliphatic carboxylic acids is 1. The van der Waals surface area contributed by atoms with Crippen molar-refractivity contribution in [1.29, 1.82) is 0 Å². The van der Waals surface area contributed by atoms with E-state index in [0.29, 0.717) is 22.9 Å². The second-order valence-corrected chi connectivity index (χ2v) is 7.85. The van der Waals surface area contributed by atoms with E-state index in [1.54, 1.807) is 24.3 Å². The number of carbonyl (C=O) groups is 3. The minimum atomic E-state index is -1.28. The third-order valence-electron chi connectivity index (χ3n) is 4.63. The summed E-state index contributed by atoms with van der Waals surface area (Å²) >= 11 is 1.40. The molecule has 3 rings (SSSR count). The molecule has 1 heterocycles. The molecule has 154 valence electrons. The number of hydrogen-bond acceptors (Lipinski definition) is 6. The van der Waals surface area contributed by atoms with Gasteiger partial charge >= 0.3 is 0 Å². The number of aryl methyl sites for hydroxylation is 1. The van der Waals surface area contributed by atoms with Gasteiger partial charge in [0.15, 0.2) is 0 Å². The van der Waals surface area contributed by atoms with E-state index < -0.39 is 11.9 Å². The fourth-order valence-electron chi connectivity index (χ4n) is 3.29. The number of anilines is 2. The second-order valence-electron chi connectivity index (χ2n) is 6.75. The van der Waals surface area contributed by atoms with Gasteiger partial charge < -0.3 is 25.3 Å². The highest BCUT2D eigenvalue weighted by Gasteiger charge is 2.26. The summed E-state index contributed by atoms with van der Waals surface area (Å²) in [4.78, 5) is 36.9. The maximum Gasteiger partial charge on any atom is 0.258 e. The second kappa shape index (κ2) is 9.56. The van der Waals surface area contributed by atoms with E-state index in [4.69, 9.17) is 4.74 Å². The quantitative estimate of drug-likeness (QED) is 0.689. The van der Waals surface area contributed by atoms with Crippen LogP contribution in [0.3, 0.4) is 0 Å². The number of hydrogen-bond donors (Lipinski definition) is 2. The Morgan fingerprint density at radius 1 is 1.07 bits per heavy atom. The number of rotatable bonds is 8. The fraction of sp³-hybridized carbons (Fsp3) is 0.381. The van der Waals surface area contributed by atoms with Crippen LogP contribution in [0.1, 0.15) is 53.4 Å². The number of carboxylic acids is 1. The van der Waals surface area contributed by atoms with Crippen molar-refractivity contribution < 1.29 is 24.2 Å². The van der Waals surface area contributed by atoms with Crippen molar-refractivity contribution in [2.24, 2.45) is 0 Å². The summed E-state index contributed by atoms with van der Waals surface area (Å²) in [5.74, 6) is -1.29. The Labute approximate surface area is 173 Å². The van der Waals surface area contributed by atoms with Crippen LogP contribution in [0.25, 0.3) is 0 Å². The minimum absolute atomic E-state index is 0.190. The summed E-state index contributed by atoms with van der Waals surface area (Å²) in [6.07, 6.45) is 3.15. The Balaban J connectivity index is 1.80. The predicted molar refractivity (Wildman–Crippen MR) is 109 cm³/mol. The van der Waals surface area contributed by atoms with E-state index in [1.807, 2.05) is 6.92 Å². The van der Waals surface area contributed by atoms with Crippen LogP contribution in [0, 0.1) is 0 Å². The third-order valence-corrected chi connectivity index (χ3v) is 5.84. The number of amides is 2. The molecule has 0 saturated heterocycles. The van der Waals surface area contributed by atoms with Crippen LogP contribution in [0.5, 0.6) is 5.75 Å². The van der Waals surface area contributed by atoms with Crippen molar-refractivity contribution in [3.63, 3.8) is 0 Å². The largest absolute Gasteiger partial charge is 0.550 e. The molecular weight excluding hydrogens is 392 g/mol. The van der Waals surface area contributed by atoms with E-state index in [0.717, 1.165) is 41.9 Å². The Morgan fingerprint density at radius 2 is 1.79 bits per heavy atom. The zero-order valence-corrected chi connectivity index (χ0v) is 17.0. The van der Waals surface area contributed by atoms with Crippen LogP contribution in [0.4, 0.5) is 10.7 Å². The lowest BCUT2D eigenvalue weighted by Crippen LogP contribution is -2.24. The van der Waals surface area contributed by atoms with Gasteiger partial charge in [-0.25, -0.2) is 0 Å². The van der Waals surface area contributed by atoms with Gasteiger partial charge in [0.05, 0.1) is 12.2 Å². The minimum Gasteiger partial charge on any atom is -0.550 e. The maximum atomic E-state index is 13.0. The number of carbonyl (C=O) groups excluding carboxylic acids is 3. The van der Waals surface area contributed by atoms with Crippen LogP contribution in [0.15, 0.2) is 24.3 Å². The van der Waals surface area contributed by atoms with E-state index in [9.17, 15) is 19.5 Å². The van der Waals surface area contributed by atoms with Crippen LogP contribution in [-0.2, 0) is 22.4 Å². The molecule has 2 aromatic rings. The highest BCUT2D eigenvalue weighted by molar-refractivity contribution is 7.17. The Bertz CT molecular complexity index is 905. The number of ether oxygens (including phenoxy) is 1. The summed E-state index contributed by atoms with van der Waals surface area (Å²) in [6.45, 7) is 2.46. The zero-order valence-electron chi connectivity index (χ0n) is 16.2. The van der Waals surface area contributed by atoms with Crippen molar-refractivity contribution in [3.05, 3.63) is 40.3 Å². The lowest BCUT2D eigenvalue weighted by molar-refractivity contribution is -0.305. The molecule has 1 aromatic heterocycles. The van der Waals surface area contributed by atoms with Crippen molar-refractivity contribution in [2.45, 2.75) is 45.4 Å². The standard InChI is InChI=1S/C21H24N2O5S/c1-2-28-14-9-7-13(8-10-14)22-20(27)19-15-5-3-4-6-16(15)29-21(19)23-17(24)11-12-18(25)26/h7-10H,2-6,11-12H2,1H3,(H,22,27)(H,23,24)(H,25,26)/p-1. The van der Waals surface area contributed by atoms with Gasteiger partial charge in [-0.05, 0) is 68.9 Å². The molecule has 1 aliphatic carbocycles. The van der Waals surface area contributed by atoms with Crippen LogP contribution >= 0.6 is 11.3 Å². The van der Waals surface area contributed by atoms with E-state index in [-0.39, 0.29) is 18.7 Å². The summed E-state index contributed by atoms with van der Waals surface area (Å²) in [5, 5.41) is 16.7. The van der Waals surface area contributed by atoms with E-state index in [2.05, 4.69) is 10.6 Å². The first-order valence-electron chi connectivity index (χ1n) is 9.66. The van der Waals surface area contributed by atoms with Gasteiger partial charge in [0.2, 0.25) is 5.91 Å². The van der Waals surface area contributed by atoms with Crippen LogP contribution < -0.4 is 20.5 Å². The van der Waals surface area contributed by atoms with E-state index in [1.165, 1.54) is 11.3 Å². The molecule has 0 saturated carbocycles. The lowest BCUT2D eigenvalue weighted by Gasteiger charge is -2.13. The molecule has 1 aromatic carbocycles. The Hall–Kier alpha value is -2.87. The number of benzene rings is 1. The molecule has 8 heteroatoms. The normalized spacial score (nSPS) is 12.7. The highest BCUT2D eigenvalue weighted by atomic mass is 32.1. The maximum absolute atomic E-state index is 13.0. The molecule has 0 unspecified atom stereocenters. The van der Waals surface area contributed by atoms with Crippen LogP contribution in [0.2, 0.25) is 0 Å². The average molecular weight is 415 g/mol. The first-order valence-corrected chi connectivity index (χ1v) is 10.5. The molecule has 7 nitrogen and oxygen atoms in total. The molecule has 0 atom stereocenters. The predicted octanol–water partition coefficient (Wildman–Crippen LogP) is 2.75. The molecule has 2 N–H and O–H groups in total. The fourth-order valence-corrected chi connectivity index (χ4v) is 4.60. The lowest BCUT2D eigenvalue weighted by atomic mass is 9.95. The highest BCUT2D eigenvalue weighted by Crippen LogP contribution is 2.38. The number of carboxylic acid groups (broad SMARTS) is 1. The van der Waals surface area contributed by atoms with Crippen molar-refractivity contribution in [2.75, 3.05) is 17.2 Å². The third kappa shape index (κ3) is 5.35. The van der Waals surface area contributed by atoms with Gasteiger partial charge in [-0.2, -0.15) is 0 Å². The Kier molecular flexibility index (Phi) is 6.87. The molecule has 0 radical (unpaired) electrons. The van der Waals surface area contributed by atoms with Gasteiger partial charge in [-0.15, -0.1) is 11.3 Å². The van der Waals surface area contributed by atoms with Gasteiger partial charge in [-0.1, -0.05) is 0 Å². The van der Waals surface area contributed by atoms with Gasteiger partial charge in [0.25, 0.3) is 5.91 Å². The van der Waals surface area contributed by atoms with Crippen LogP contribution in [-0.4, -0.2) is 24.4 Å². The first kappa shape index (κ1) is 20.9. The molecule has 0 aliphatic heterocycles. The molecule has 0 bridgehead atoms. The van der Waals surface area contributed by atoms with Gasteiger partial charge in [0, 0.05) is 23.0 Å². The molecule has 1 aliphatic rings. The number of thiophene rings is 1. The van der Waals surface area contributed by atoms with Gasteiger partial charge in [0.1, 0.15) is 10.8 Å². The van der Waals surface area contributed by atoms with Gasteiger partial charge in [-0.3, -0.25) is 9.59 Å². The van der Waals surface area contributed by atoms with Crippen molar-refractivity contribution in [3.8, 4) is 5.75 Å². The average Bonchev–Trinajstić information content (AvgIpc) is 3.06. The van der Waals surface area contributed by atoms with E-state index >= 15 is 0 Å². The monoisotopic (exact) mass is 415 g/mol. The Morgan fingerprint density at radius 3 is 2.48 bits per heavy atom. The zero-order chi connectivity index (χ0) is 20.8.